The highest BCUT2D eigenvalue weighted by atomic mass is 16.3. The molecule has 0 unspecified atom stereocenters. The van der Waals surface area contributed by atoms with E-state index in [2.05, 4.69) is 0 Å². The first kappa shape index (κ1) is 12.0. The molecular formula is C13H26O. The van der Waals surface area contributed by atoms with Gasteiger partial charge in [0.2, 0.25) is 0 Å². The maximum atomic E-state index is 8.06. The Morgan fingerprint density at radius 2 is 1.00 bits per heavy atom. The highest BCUT2D eigenvalue weighted by Gasteiger charge is 2.26. The summed E-state index contributed by atoms with van der Waals surface area (Å²) < 4.78 is 0. The van der Waals surface area contributed by atoms with Crippen LogP contribution in [0.2, 0.25) is 0 Å². The molecule has 14 heavy (non-hydrogen) atoms. The third-order valence-electron chi connectivity index (χ3n) is 3.47. The van der Waals surface area contributed by atoms with Crippen LogP contribution in [-0.4, -0.2) is 11.2 Å². The predicted octanol–water partition coefficient (Wildman–Crippen LogP) is 3.75. The maximum Gasteiger partial charge on any atom is 0.0483 e. The molecule has 84 valence electrons. The van der Waals surface area contributed by atoms with Crippen LogP contribution in [0.25, 0.3) is 0 Å². The summed E-state index contributed by atoms with van der Waals surface area (Å²) in [6, 6.07) is 0. The first-order chi connectivity index (χ1) is 6.70. The molecule has 1 nitrogen and oxygen atoms in total. The van der Waals surface area contributed by atoms with Crippen LogP contribution in [0.3, 0.4) is 0 Å². The molecule has 0 atom stereocenters. The van der Waals surface area contributed by atoms with Gasteiger partial charge in [0.1, 0.15) is 0 Å². The largest absolute Gasteiger partial charge is 0.394 e. The third kappa shape index (κ3) is 4.45. The van der Waals surface area contributed by atoms with E-state index in [4.69, 9.17) is 5.11 Å². The lowest BCUT2D eigenvalue weighted by Gasteiger charge is -2.35. The van der Waals surface area contributed by atoms with E-state index in [-0.39, 0.29) is 6.10 Å². The van der Waals surface area contributed by atoms with Crippen LogP contribution in [0, 0.1) is 11.8 Å². The summed E-state index contributed by atoms with van der Waals surface area (Å²) in [5, 5.41) is 8.06. The standard InChI is InChI=1S/C10H18.C3H8O/c1-2-6-10-8-4-3-7-9(10)5-1;1-3(2)4/h9-10H,1-8H2;3-4H,1-2H3. The van der Waals surface area contributed by atoms with Crippen LogP contribution >= 0.6 is 0 Å². The highest BCUT2D eigenvalue weighted by Crippen LogP contribution is 2.39. The van der Waals surface area contributed by atoms with Gasteiger partial charge in [-0.05, 0) is 25.7 Å². The molecule has 0 spiro atoms. The minimum atomic E-state index is -0.167. The molecule has 0 aromatic heterocycles. The molecule has 0 amide bonds. The zero-order valence-corrected chi connectivity index (χ0v) is 9.84. The molecule has 2 aliphatic rings. The summed E-state index contributed by atoms with van der Waals surface area (Å²) in [6.07, 6.45) is 12.2. The number of hydrogen-bond acceptors (Lipinski definition) is 1. The number of hydrogen-bond donors (Lipinski definition) is 1. The van der Waals surface area contributed by atoms with Gasteiger partial charge in [0.15, 0.2) is 0 Å². The Bertz CT molecular complexity index is 113. The Kier molecular flexibility index (Phi) is 5.54. The van der Waals surface area contributed by atoms with E-state index in [9.17, 15) is 0 Å². The van der Waals surface area contributed by atoms with Crippen molar-refractivity contribution >= 4 is 0 Å². The molecule has 2 aliphatic carbocycles. The fourth-order valence-electron chi connectivity index (χ4n) is 2.86. The molecule has 0 bridgehead atoms. The third-order valence-corrected chi connectivity index (χ3v) is 3.47. The van der Waals surface area contributed by atoms with E-state index < -0.39 is 0 Å². The van der Waals surface area contributed by atoms with Crippen LogP contribution in [0.4, 0.5) is 0 Å². The van der Waals surface area contributed by atoms with Crippen molar-refractivity contribution < 1.29 is 5.11 Å². The number of fused-ring (bicyclic) bond motifs is 1. The van der Waals surface area contributed by atoms with E-state index in [1.54, 1.807) is 39.5 Å². The monoisotopic (exact) mass is 198 g/mol. The first-order valence-corrected chi connectivity index (χ1v) is 6.38. The van der Waals surface area contributed by atoms with Crippen molar-refractivity contribution in [1.29, 1.82) is 0 Å². The van der Waals surface area contributed by atoms with Gasteiger partial charge in [-0.15, -0.1) is 0 Å². The molecule has 0 saturated heterocycles. The van der Waals surface area contributed by atoms with Gasteiger partial charge in [-0.25, -0.2) is 0 Å². The van der Waals surface area contributed by atoms with Gasteiger partial charge in [0, 0.05) is 6.10 Å². The minimum absolute atomic E-state index is 0.167. The van der Waals surface area contributed by atoms with Crippen molar-refractivity contribution in [3.63, 3.8) is 0 Å². The zero-order valence-electron chi connectivity index (χ0n) is 9.84. The van der Waals surface area contributed by atoms with Gasteiger partial charge in [-0.3, -0.25) is 0 Å². The van der Waals surface area contributed by atoms with Crippen LogP contribution in [0.5, 0.6) is 0 Å². The lowest BCUT2D eigenvalue weighted by atomic mass is 9.71. The number of rotatable bonds is 0. The maximum absolute atomic E-state index is 8.06. The second kappa shape index (κ2) is 6.44. The molecule has 0 aliphatic heterocycles. The summed E-state index contributed by atoms with van der Waals surface area (Å²) in [6.45, 7) is 3.44. The Morgan fingerprint density at radius 3 is 1.21 bits per heavy atom. The Labute approximate surface area is 88.9 Å². The highest BCUT2D eigenvalue weighted by molar-refractivity contribution is 4.78. The van der Waals surface area contributed by atoms with Gasteiger partial charge in [0.05, 0.1) is 0 Å². The Morgan fingerprint density at radius 1 is 0.786 bits per heavy atom. The minimum Gasteiger partial charge on any atom is -0.394 e. The summed E-state index contributed by atoms with van der Waals surface area (Å²) in [5.41, 5.74) is 0. The van der Waals surface area contributed by atoms with Gasteiger partial charge in [-0.1, -0.05) is 51.4 Å². The number of aliphatic hydroxyl groups excluding tert-OH is 1. The van der Waals surface area contributed by atoms with Gasteiger partial charge < -0.3 is 5.11 Å². The first-order valence-electron chi connectivity index (χ1n) is 6.38. The molecule has 1 N–H and O–H groups in total. The van der Waals surface area contributed by atoms with E-state index in [0.29, 0.717) is 0 Å². The lowest BCUT2D eigenvalue weighted by molar-refractivity contribution is 0.171. The second-order valence-corrected chi connectivity index (χ2v) is 5.18. The molecule has 0 aromatic carbocycles. The molecule has 2 fully saturated rings. The van der Waals surface area contributed by atoms with Gasteiger partial charge in [-0.2, -0.15) is 0 Å². The van der Waals surface area contributed by atoms with Crippen molar-refractivity contribution in [1.82, 2.24) is 0 Å². The Balaban J connectivity index is 0.000000213. The summed E-state index contributed by atoms with van der Waals surface area (Å²) in [7, 11) is 0. The summed E-state index contributed by atoms with van der Waals surface area (Å²) in [5.74, 6) is 2.31. The number of aliphatic hydroxyl groups is 1. The van der Waals surface area contributed by atoms with Crippen LogP contribution in [0.15, 0.2) is 0 Å². The molecule has 2 rings (SSSR count). The van der Waals surface area contributed by atoms with E-state index in [1.807, 2.05) is 0 Å². The van der Waals surface area contributed by atoms with Crippen molar-refractivity contribution in [2.24, 2.45) is 11.8 Å². The van der Waals surface area contributed by atoms with Crippen molar-refractivity contribution in [3.05, 3.63) is 0 Å². The normalized spacial score (nSPS) is 31.7. The average Bonchev–Trinajstić information content (AvgIpc) is 2.17. The predicted molar refractivity (Wildman–Crippen MR) is 61.3 cm³/mol. The molecular weight excluding hydrogens is 172 g/mol. The summed E-state index contributed by atoms with van der Waals surface area (Å²) in [4.78, 5) is 0. The summed E-state index contributed by atoms with van der Waals surface area (Å²) >= 11 is 0. The zero-order chi connectivity index (χ0) is 10.4. The van der Waals surface area contributed by atoms with Crippen LogP contribution < -0.4 is 0 Å². The molecule has 2 saturated carbocycles. The van der Waals surface area contributed by atoms with E-state index in [0.717, 1.165) is 11.8 Å². The van der Waals surface area contributed by atoms with E-state index >= 15 is 0 Å². The van der Waals surface area contributed by atoms with Crippen molar-refractivity contribution in [2.75, 3.05) is 0 Å². The Hall–Kier alpha value is -0.0400. The van der Waals surface area contributed by atoms with Gasteiger partial charge >= 0.3 is 0 Å². The molecule has 0 aromatic rings. The fraction of sp³-hybridized carbons (Fsp3) is 1.00. The van der Waals surface area contributed by atoms with E-state index in [1.165, 1.54) is 25.7 Å². The second-order valence-electron chi connectivity index (χ2n) is 5.18. The topological polar surface area (TPSA) is 20.2 Å². The van der Waals surface area contributed by atoms with Crippen LogP contribution in [-0.2, 0) is 0 Å². The fourth-order valence-corrected chi connectivity index (χ4v) is 2.86. The molecule has 0 radical (unpaired) electrons. The SMILES string of the molecule is C1CCC2CCCCC2C1.CC(C)O. The van der Waals surface area contributed by atoms with Gasteiger partial charge in [0.25, 0.3) is 0 Å². The molecule has 0 heterocycles. The molecule has 1 heteroatoms. The average molecular weight is 198 g/mol. The van der Waals surface area contributed by atoms with Crippen molar-refractivity contribution in [2.45, 2.75) is 71.3 Å². The quantitative estimate of drug-likeness (QED) is 0.628. The van der Waals surface area contributed by atoms with Crippen LogP contribution in [0.1, 0.15) is 65.2 Å². The van der Waals surface area contributed by atoms with Crippen molar-refractivity contribution in [3.8, 4) is 0 Å². The smallest absolute Gasteiger partial charge is 0.0483 e. The lowest BCUT2D eigenvalue weighted by Crippen LogP contribution is -2.22.